The zero-order valence-electron chi connectivity index (χ0n) is 10.6. The summed E-state index contributed by atoms with van der Waals surface area (Å²) >= 11 is 6.17. The molecule has 0 aliphatic rings. The molecular formula is C15H17ClN2. The Bertz CT molecular complexity index is 552. The first-order valence-electron chi connectivity index (χ1n) is 5.90. The second kappa shape index (κ2) is 5.53. The minimum Gasteiger partial charge on any atom is -0.271 e. The van der Waals surface area contributed by atoms with Crippen LogP contribution in [0.15, 0.2) is 42.5 Å². The topological polar surface area (TPSA) is 38.0 Å². The van der Waals surface area contributed by atoms with Gasteiger partial charge >= 0.3 is 0 Å². The molecule has 0 radical (unpaired) electrons. The van der Waals surface area contributed by atoms with Crippen LogP contribution in [0.25, 0.3) is 0 Å². The van der Waals surface area contributed by atoms with E-state index in [9.17, 15) is 0 Å². The molecule has 0 bridgehead atoms. The Morgan fingerprint density at radius 3 is 2.39 bits per heavy atom. The molecule has 3 heteroatoms. The maximum absolute atomic E-state index is 6.17. The van der Waals surface area contributed by atoms with Crippen LogP contribution in [0.4, 0.5) is 0 Å². The van der Waals surface area contributed by atoms with Gasteiger partial charge in [0.05, 0.1) is 6.04 Å². The average molecular weight is 261 g/mol. The molecule has 0 amide bonds. The number of nitrogens with two attached hydrogens (primary N) is 1. The van der Waals surface area contributed by atoms with E-state index < -0.39 is 0 Å². The smallest absolute Gasteiger partial charge is 0.0710 e. The highest BCUT2D eigenvalue weighted by atomic mass is 35.5. The SMILES string of the molecule is Cc1cccc(C(NN)c2ccc(C)c(Cl)c2)c1. The Balaban J connectivity index is 2.42. The fourth-order valence-electron chi connectivity index (χ4n) is 2.02. The number of aryl methyl sites for hydroxylation is 2. The first kappa shape index (κ1) is 13.1. The third-order valence-electron chi connectivity index (χ3n) is 3.07. The van der Waals surface area contributed by atoms with Crippen molar-refractivity contribution in [2.24, 2.45) is 5.84 Å². The van der Waals surface area contributed by atoms with E-state index >= 15 is 0 Å². The molecule has 2 aromatic carbocycles. The predicted molar refractivity (Wildman–Crippen MR) is 76.5 cm³/mol. The summed E-state index contributed by atoms with van der Waals surface area (Å²) < 4.78 is 0. The van der Waals surface area contributed by atoms with Gasteiger partial charge < -0.3 is 0 Å². The Kier molecular flexibility index (Phi) is 4.02. The Labute approximate surface area is 113 Å². The number of benzene rings is 2. The van der Waals surface area contributed by atoms with Gasteiger partial charge in [0.15, 0.2) is 0 Å². The lowest BCUT2D eigenvalue weighted by Gasteiger charge is -2.18. The highest BCUT2D eigenvalue weighted by Crippen LogP contribution is 2.26. The van der Waals surface area contributed by atoms with Gasteiger partial charge in [-0.1, -0.05) is 53.6 Å². The van der Waals surface area contributed by atoms with Gasteiger partial charge in [-0.05, 0) is 36.6 Å². The van der Waals surface area contributed by atoms with E-state index in [-0.39, 0.29) is 6.04 Å². The minimum atomic E-state index is -0.0389. The molecule has 2 nitrogen and oxygen atoms in total. The second-order valence-electron chi connectivity index (χ2n) is 4.52. The average Bonchev–Trinajstić information content (AvgIpc) is 2.35. The Morgan fingerprint density at radius 1 is 1.06 bits per heavy atom. The third kappa shape index (κ3) is 2.72. The monoisotopic (exact) mass is 260 g/mol. The molecular weight excluding hydrogens is 244 g/mol. The molecule has 0 fully saturated rings. The predicted octanol–water partition coefficient (Wildman–Crippen LogP) is 3.51. The Hall–Kier alpha value is -1.35. The first-order chi connectivity index (χ1) is 8.61. The second-order valence-corrected chi connectivity index (χ2v) is 4.93. The number of halogens is 1. The van der Waals surface area contributed by atoms with Gasteiger partial charge in [-0.2, -0.15) is 0 Å². The van der Waals surface area contributed by atoms with Crippen molar-refractivity contribution in [3.05, 3.63) is 69.7 Å². The minimum absolute atomic E-state index is 0.0389. The lowest BCUT2D eigenvalue weighted by Crippen LogP contribution is -2.28. The van der Waals surface area contributed by atoms with Crippen LogP contribution in [0.3, 0.4) is 0 Å². The molecule has 1 unspecified atom stereocenters. The van der Waals surface area contributed by atoms with Crippen molar-refractivity contribution < 1.29 is 0 Å². The summed E-state index contributed by atoms with van der Waals surface area (Å²) in [5, 5.41) is 0.764. The summed E-state index contributed by atoms with van der Waals surface area (Å²) in [6.45, 7) is 4.06. The number of rotatable bonds is 3. The summed E-state index contributed by atoms with van der Waals surface area (Å²) in [5.74, 6) is 5.68. The molecule has 18 heavy (non-hydrogen) atoms. The van der Waals surface area contributed by atoms with Crippen LogP contribution in [0.1, 0.15) is 28.3 Å². The molecule has 0 aromatic heterocycles. The Morgan fingerprint density at radius 2 is 1.78 bits per heavy atom. The summed E-state index contributed by atoms with van der Waals surface area (Å²) in [7, 11) is 0. The molecule has 0 saturated carbocycles. The van der Waals surface area contributed by atoms with Gasteiger partial charge in [0.2, 0.25) is 0 Å². The highest BCUT2D eigenvalue weighted by molar-refractivity contribution is 6.31. The maximum atomic E-state index is 6.17. The normalized spacial score (nSPS) is 12.4. The van der Waals surface area contributed by atoms with E-state index in [1.54, 1.807) is 0 Å². The number of hydrogen-bond acceptors (Lipinski definition) is 2. The zero-order chi connectivity index (χ0) is 13.1. The van der Waals surface area contributed by atoms with Gasteiger partial charge in [0.1, 0.15) is 0 Å². The fraction of sp³-hybridized carbons (Fsp3) is 0.200. The van der Waals surface area contributed by atoms with Crippen molar-refractivity contribution in [2.45, 2.75) is 19.9 Å². The summed E-state index contributed by atoms with van der Waals surface area (Å²) in [6.07, 6.45) is 0. The van der Waals surface area contributed by atoms with Crippen LogP contribution in [-0.4, -0.2) is 0 Å². The van der Waals surface area contributed by atoms with Crippen LogP contribution in [-0.2, 0) is 0 Å². The lowest BCUT2D eigenvalue weighted by molar-refractivity contribution is 0.636. The summed E-state index contributed by atoms with van der Waals surface area (Å²) in [4.78, 5) is 0. The number of hydrogen-bond donors (Lipinski definition) is 2. The molecule has 0 spiro atoms. The number of hydrazine groups is 1. The van der Waals surface area contributed by atoms with Gasteiger partial charge in [-0.3, -0.25) is 5.84 Å². The van der Waals surface area contributed by atoms with E-state index in [1.165, 1.54) is 5.56 Å². The van der Waals surface area contributed by atoms with Crippen LogP contribution in [0, 0.1) is 13.8 Å². The van der Waals surface area contributed by atoms with Gasteiger partial charge in [-0.25, -0.2) is 5.43 Å². The van der Waals surface area contributed by atoms with E-state index in [4.69, 9.17) is 17.4 Å². The van der Waals surface area contributed by atoms with Gasteiger partial charge in [0, 0.05) is 5.02 Å². The lowest BCUT2D eigenvalue weighted by atomic mass is 9.97. The molecule has 0 saturated heterocycles. The molecule has 2 rings (SSSR count). The fourth-order valence-corrected chi connectivity index (χ4v) is 2.21. The van der Waals surface area contributed by atoms with E-state index in [0.29, 0.717) is 0 Å². The van der Waals surface area contributed by atoms with Crippen molar-refractivity contribution >= 4 is 11.6 Å². The molecule has 94 valence electrons. The summed E-state index contributed by atoms with van der Waals surface area (Å²) in [6, 6.07) is 14.3. The molecule has 3 N–H and O–H groups in total. The van der Waals surface area contributed by atoms with Gasteiger partial charge in [0.25, 0.3) is 0 Å². The van der Waals surface area contributed by atoms with Crippen molar-refractivity contribution in [2.75, 3.05) is 0 Å². The molecule has 0 aliphatic heterocycles. The molecule has 0 aliphatic carbocycles. The zero-order valence-corrected chi connectivity index (χ0v) is 11.3. The van der Waals surface area contributed by atoms with E-state index in [1.807, 2.05) is 31.2 Å². The number of nitrogens with one attached hydrogen (secondary N) is 1. The van der Waals surface area contributed by atoms with Crippen LogP contribution < -0.4 is 11.3 Å². The first-order valence-corrected chi connectivity index (χ1v) is 6.28. The summed E-state index contributed by atoms with van der Waals surface area (Å²) in [5.41, 5.74) is 7.34. The van der Waals surface area contributed by atoms with E-state index in [0.717, 1.165) is 21.7 Å². The quantitative estimate of drug-likeness (QED) is 0.655. The standard InChI is InChI=1S/C15H17ClN2/c1-10-4-3-5-12(8-10)15(18-17)13-7-6-11(2)14(16)9-13/h3-9,15,18H,17H2,1-2H3. The highest BCUT2D eigenvalue weighted by Gasteiger charge is 2.13. The maximum Gasteiger partial charge on any atom is 0.0710 e. The largest absolute Gasteiger partial charge is 0.271 e. The van der Waals surface area contributed by atoms with Crippen LogP contribution in [0.2, 0.25) is 5.02 Å². The van der Waals surface area contributed by atoms with Crippen molar-refractivity contribution in [3.63, 3.8) is 0 Å². The van der Waals surface area contributed by atoms with Crippen molar-refractivity contribution in [1.82, 2.24) is 5.43 Å². The van der Waals surface area contributed by atoms with Crippen LogP contribution in [0.5, 0.6) is 0 Å². The third-order valence-corrected chi connectivity index (χ3v) is 3.48. The molecule has 1 atom stereocenters. The van der Waals surface area contributed by atoms with E-state index in [2.05, 4.69) is 30.5 Å². The van der Waals surface area contributed by atoms with Crippen molar-refractivity contribution in [1.29, 1.82) is 0 Å². The van der Waals surface area contributed by atoms with Crippen molar-refractivity contribution in [3.8, 4) is 0 Å². The molecule has 0 heterocycles. The molecule has 2 aromatic rings. The van der Waals surface area contributed by atoms with Crippen LogP contribution >= 0.6 is 11.6 Å². The van der Waals surface area contributed by atoms with Gasteiger partial charge in [-0.15, -0.1) is 0 Å².